The number of hydrogen-bond donors (Lipinski definition) is 1. The number of halogens is 3. The number of pyridine rings is 2. The standard InChI is InChI=1S/C20H15F3N4O2/c21-20(22,23)14-4-3-13-7-9-27(17(13)10-14)19(28)26-15-5-6-18(25-11-15)29-16-2-1-8-24-12-16/h1-6,8,10-12H,7,9H2,(H,26,28). The lowest BCUT2D eigenvalue weighted by Gasteiger charge is -2.19. The molecule has 0 spiro atoms. The number of nitrogens with one attached hydrogen (secondary N) is 1. The number of amides is 2. The summed E-state index contributed by atoms with van der Waals surface area (Å²) in [6.07, 6.45) is 0.599. The van der Waals surface area contributed by atoms with Gasteiger partial charge in [-0.15, -0.1) is 0 Å². The van der Waals surface area contributed by atoms with Crippen LogP contribution in [0.15, 0.2) is 61.1 Å². The molecule has 29 heavy (non-hydrogen) atoms. The van der Waals surface area contributed by atoms with Crippen molar-refractivity contribution in [1.82, 2.24) is 9.97 Å². The lowest BCUT2D eigenvalue weighted by Crippen LogP contribution is -2.33. The highest BCUT2D eigenvalue weighted by molar-refractivity contribution is 6.03. The number of anilines is 2. The third-order valence-electron chi connectivity index (χ3n) is 4.40. The molecule has 1 aliphatic rings. The summed E-state index contributed by atoms with van der Waals surface area (Å²) in [4.78, 5) is 21.9. The van der Waals surface area contributed by atoms with E-state index in [1.54, 1.807) is 30.5 Å². The minimum absolute atomic E-state index is 0.266. The van der Waals surface area contributed by atoms with Crippen molar-refractivity contribution in [3.63, 3.8) is 0 Å². The number of nitrogens with zero attached hydrogens (tertiary/aromatic N) is 3. The molecule has 9 heteroatoms. The van der Waals surface area contributed by atoms with E-state index in [-0.39, 0.29) is 5.69 Å². The number of alkyl halides is 3. The Morgan fingerprint density at radius 2 is 2.00 bits per heavy atom. The first kappa shape index (κ1) is 18.7. The van der Waals surface area contributed by atoms with E-state index < -0.39 is 17.8 Å². The summed E-state index contributed by atoms with van der Waals surface area (Å²) in [7, 11) is 0. The normalized spacial score (nSPS) is 13.1. The highest BCUT2D eigenvalue weighted by Gasteiger charge is 2.33. The third kappa shape index (κ3) is 4.13. The van der Waals surface area contributed by atoms with E-state index >= 15 is 0 Å². The molecule has 0 saturated heterocycles. The molecule has 0 aliphatic carbocycles. The van der Waals surface area contributed by atoms with Gasteiger partial charge in [-0.2, -0.15) is 13.2 Å². The smallest absolute Gasteiger partial charge is 0.416 e. The minimum atomic E-state index is -4.46. The minimum Gasteiger partial charge on any atom is -0.437 e. The molecule has 1 N–H and O–H groups in total. The molecule has 0 fully saturated rings. The van der Waals surface area contributed by atoms with E-state index in [1.807, 2.05) is 0 Å². The van der Waals surface area contributed by atoms with Gasteiger partial charge in [0.25, 0.3) is 0 Å². The van der Waals surface area contributed by atoms with Crippen LogP contribution < -0.4 is 15.0 Å². The molecule has 4 rings (SSSR count). The molecular weight excluding hydrogens is 385 g/mol. The van der Waals surface area contributed by atoms with Crippen LogP contribution in [0.3, 0.4) is 0 Å². The Labute approximate surface area is 164 Å². The van der Waals surface area contributed by atoms with Gasteiger partial charge in [0, 0.05) is 24.5 Å². The van der Waals surface area contributed by atoms with Gasteiger partial charge in [-0.3, -0.25) is 9.88 Å². The van der Waals surface area contributed by atoms with Crippen LogP contribution in [0.25, 0.3) is 0 Å². The summed E-state index contributed by atoms with van der Waals surface area (Å²) in [5.41, 5.74) is 0.580. The van der Waals surface area contributed by atoms with Crippen LogP contribution in [0.2, 0.25) is 0 Å². The lowest BCUT2D eigenvalue weighted by atomic mass is 10.1. The van der Waals surface area contributed by atoms with Crippen LogP contribution >= 0.6 is 0 Å². The number of rotatable bonds is 3. The molecule has 3 aromatic rings. The average Bonchev–Trinajstić information content (AvgIpc) is 3.13. The second-order valence-electron chi connectivity index (χ2n) is 6.35. The first-order valence-corrected chi connectivity index (χ1v) is 8.73. The zero-order chi connectivity index (χ0) is 20.4. The van der Waals surface area contributed by atoms with Gasteiger partial charge in [-0.25, -0.2) is 9.78 Å². The quantitative estimate of drug-likeness (QED) is 0.680. The molecule has 0 atom stereocenters. The first-order valence-electron chi connectivity index (χ1n) is 8.73. The number of carbonyl (C=O) groups excluding carboxylic acids is 1. The Morgan fingerprint density at radius 1 is 1.14 bits per heavy atom. The fourth-order valence-electron chi connectivity index (χ4n) is 3.00. The average molecular weight is 400 g/mol. The molecule has 1 aliphatic heterocycles. The summed E-state index contributed by atoms with van der Waals surface area (Å²) in [5, 5.41) is 2.65. The Bertz CT molecular complexity index is 1020. The van der Waals surface area contributed by atoms with Crippen LogP contribution in [0.5, 0.6) is 11.6 Å². The Balaban J connectivity index is 1.46. The molecule has 2 amide bonds. The summed E-state index contributed by atoms with van der Waals surface area (Å²) in [5.74, 6) is 0.836. The molecule has 0 bridgehead atoms. The summed E-state index contributed by atoms with van der Waals surface area (Å²) in [6, 6.07) is 9.55. The zero-order valence-electron chi connectivity index (χ0n) is 15.0. The van der Waals surface area contributed by atoms with Gasteiger partial charge in [0.15, 0.2) is 0 Å². The first-order chi connectivity index (χ1) is 13.9. The summed E-state index contributed by atoms with van der Waals surface area (Å²) >= 11 is 0. The maximum absolute atomic E-state index is 13.0. The number of fused-ring (bicyclic) bond motifs is 1. The fraction of sp³-hybridized carbons (Fsp3) is 0.150. The van der Waals surface area contributed by atoms with Crippen LogP contribution in [0.4, 0.5) is 29.3 Å². The molecule has 3 heterocycles. The van der Waals surface area contributed by atoms with E-state index in [4.69, 9.17) is 4.74 Å². The topological polar surface area (TPSA) is 67.3 Å². The predicted octanol–water partition coefficient (Wildman–Crippen LogP) is 4.88. The highest BCUT2D eigenvalue weighted by atomic mass is 19.4. The van der Waals surface area contributed by atoms with Crippen LogP contribution in [0.1, 0.15) is 11.1 Å². The van der Waals surface area contributed by atoms with Gasteiger partial charge in [0.1, 0.15) is 5.75 Å². The van der Waals surface area contributed by atoms with E-state index in [2.05, 4.69) is 15.3 Å². The van der Waals surface area contributed by atoms with Crippen LogP contribution in [0, 0.1) is 0 Å². The van der Waals surface area contributed by atoms with Crippen LogP contribution in [-0.2, 0) is 12.6 Å². The monoisotopic (exact) mass is 400 g/mol. The van der Waals surface area contributed by atoms with Gasteiger partial charge in [0.05, 0.1) is 23.6 Å². The SMILES string of the molecule is O=C(Nc1ccc(Oc2cccnc2)nc1)N1CCc2ccc(C(F)(F)F)cc21. The lowest BCUT2D eigenvalue weighted by molar-refractivity contribution is -0.137. The van der Waals surface area contributed by atoms with Crippen molar-refractivity contribution in [2.45, 2.75) is 12.6 Å². The molecule has 0 saturated carbocycles. The largest absolute Gasteiger partial charge is 0.437 e. The fourth-order valence-corrected chi connectivity index (χ4v) is 3.00. The van der Waals surface area contributed by atoms with Crippen molar-refractivity contribution in [3.05, 3.63) is 72.2 Å². The molecule has 0 radical (unpaired) electrons. The number of aromatic nitrogens is 2. The van der Waals surface area contributed by atoms with Crippen molar-refractivity contribution in [2.24, 2.45) is 0 Å². The number of ether oxygens (including phenoxy) is 1. The van der Waals surface area contributed by atoms with Gasteiger partial charge >= 0.3 is 12.2 Å². The van der Waals surface area contributed by atoms with Crippen molar-refractivity contribution in [3.8, 4) is 11.6 Å². The summed E-state index contributed by atoms with van der Waals surface area (Å²) in [6.45, 7) is 0.304. The zero-order valence-corrected chi connectivity index (χ0v) is 15.0. The number of benzene rings is 1. The Hall–Kier alpha value is -3.62. The Kier molecular flexibility index (Phi) is 4.79. The van der Waals surface area contributed by atoms with Gasteiger partial charge in [0.2, 0.25) is 5.88 Å². The third-order valence-corrected chi connectivity index (χ3v) is 4.40. The van der Waals surface area contributed by atoms with E-state index in [0.717, 1.165) is 12.1 Å². The van der Waals surface area contributed by atoms with E-state index in [9.17, 15) is 18.0 Å². The van der Waals surface area contributed by atoms with Gasteiger partial charge in [-0.1, -0.05) is 6.07 Å². The van der Waals surface area contributed by atoms with Crippen LogP contribution in [-0.4, -0.2) is 22.5 Å². The molecule has 2 aromatic heterocycles. The second kappa shape index (κ2) is 7.42. The van der Waals surface area contributed by atoms with Crippen molar-refractivity contribution in [2.75, 3.05) is 16.8 Å². The molecular formula is C20H15F3N4O2. The van der Waals surface area contributed by atoms with Gasteiger partial charge in [-0.05, 0) is 42.3 Å². The number of hydrogen-bond acceptors (Lipinski definition) is 4. The number of carbonyl (C=O) groups is 1. The number of urea groups is 1. The van der Waals surface area contributed by atoms with Crippen molar-refractivity contribution < 1.29 is 22.7 Å². The molecule has 0 unspecified atom stereocenters. The summed E-state index contributed by atoms with van der Waals surface area (Å²) < 4.78 is 44.5. The van der Waals surface area contributed by atoms with Gasteiger partial charge < -0.3 is 10.1 Å². The Morgan fingerprint density at radius 3 is 2.69 bits per heavy atom. The van der Waals surface area contributed by atoms with E-state index in [1.165, 1.54) is 23.4 Å². The van der Waals surface area contributed by atoms with E-state index in [0.29, 0.717) is 35.8 Å². The maximum atomic E-state index is 13.0. The highest BCUT2D eigenvalue weighted by Crippen LogP contribution is 2.36. The molecule has 1 aromatic carbocycles. The molecule has 6 nitrogen and oxygen atoms in total. The van der Waals surface area contributed by atoms with Crippen molar-refractivity contribution >= 4 is 17.4 Å². The predicted molar refractivity (Wildman–Crippen MR) is 100 cm³/mol. The maximum Gasteiger partial charge on any atom is 0.416 e. The van der Waals surface area contributed by atoms with Crippen molar-refractivity contribution in [1.29, 1.82) is 0 Å². The second-order valence-corrected chi connectivity index (χ2v) is 6.35. The molecule has 148 valence electrons.